The Kier molecular flexibility index (Phi) is 7.90. The quantitative estimate of drug-likeness (QED) is 0.724. The van der Waals surface area contributed by atoms with E-state index in [2.05, 4.69) is 17.6 Å². The molecule has 1 aromatic rings. The van der Waals surface area contributed by atoms with Crippen LogP contribution in [0, 0.1) is 5.92 Å². The number of amides is 2. The largest absolute Gasteiger partial charge is 0.336 e. The molecule has 2 amide bonds. The van der Waals surface area contributed by atoms with E-state index in [1.165, 1.54) is 0 Å². The van der Waals surface area contributed by atoms with Crippen LogP contribution in [0.25, 0.3) is 0 Å². The molecule has 0 saturated carbocycles. The molecule has 0 spiro atoms. The molecule has 0 bridgehead atoms. The third-order valence-corrected chi connectivity index (χ3v) is 6.92. The number of rotatable bonds is 8. The van der Waals surface area contributed by atoms with Crippen molar-refractivity contribution in [1.29, 1.82) is 0 Å². The van der Waals surface area contributed by atoms with E-state index in [0.717, 1.165) is 32.1 Å². The first-order chi connectivity index (χ1) is 12.4. The van der Waals surface area contributed by atoms with Crippen molar-refractivity contribution in [2.75, 3.05) is 24.2 Å². The third kappa shape index (κ3) is 6.29. The summed E-state index contributed by atoms with van der Waals surface area (Å²) in [5.41, 5.74) is 0.714. The van der Waals surface area contributed by atoms with Crippen LogP contribution in [-0.2, 0) is 10.0 Å². The molecular weight excluding hydrogens is 350 g/mol. The van der Waals surface area contributed by atoms with E-state index in [1.807, 2.05) is 37.3 Å². The number of urea groups is 1. The molecule has 7 heteroatoms. The summed E-state index contributed by atoms with van der Waals surface area (Å²) in [5.74, 6) is 0.343. The highest BCUT2D eigenvalue weighted by atomic mass is 32.2. The smallest absolute Gasteiger partial charge is 0.319 e. The van der Waals surface area contributed by atoms with Crippen LogP contribution < -0.4 is 10.6 Å². The van der Waals surface area contributed by atoms with E-state index in [0.29, 0.717) is 18.8 Å². The highest BCUT2D eigenvalue weighted by Gasteiger charge is 2.33. The molecule has 1 aliphatic rings. The zero-order valence-electron chi connectivity index (χ0n) is 15.8. The highest BCUT2D eigenvalue weighted by molar-refractivity contribution is 7.89. The van der Waals surface area contributed by atoms with Crippen LogP contribution in [0.5, 0.6) is 0 Å². The van der Waals surface area contributed by atoms with Crippen LogP contribution in [0.15, 0.2) is 30.3 Å². The summed E-state index contributed by atoms with van der Waals surface area (Å²) in [5, 5.41) is 5.59. The average molecular weight is 382 g/mol. The number of hydrogen-bond acceptors (Lipinski definition) is 3. The first kappa shape index (κ1) is 20.7. The van der Waals surface area contributed by atoms with Gasteiger partial charge >= 0.3 is 6.03 Å². The zero-order valence-corrected chi connectivity index (χ0v) is 16.6. The standard InChI is InChI=1S/C19H31N3O3S/c1-3-9-16(2)15-26(24,25)22-13-8-7-12-18(22)14-20-19(23)21-17-10-5-4-6-11-17/h4-6,10-11,16,18H,3,7-9,12-15H2,1-2H3,(H2,20,21,23). The van der Waals surface area contributed by atoms with Crippen LogP contribution in [0.4, 0.5) is 10.5 Å². The lowest BCUT2D eigenvalue weighted by Crippen LogP contribution is -2.51. The highest BCUT2D eigenvalue weighted by Crippen LogP contribution is 2.22. The molecule has 26 heavy (non-hydrogen) atoms. The van der Waals surface area contributed by atoms with Crippen LogP contribution in [0.2, 0.25) is 0 Å². The second kappa shape index (κ2) is 9.92. The first-order valence-corrected chi connectivity index (χ1v) is 11.1. The van der Waals surface area contributed by atoms with Crippen molar-refractivity contribution in [1.82, 2.24) is 9.62 Å². The molecule has 2 atom stereocenters. The van der Waals surface area contributed by atoms with Gasteiger partial charge in [0.15, 0.2) is 0 Å². The zero-order chi connectivity index (χ0) is 19.0. The van der Waals surface area contributed by atoms with Crippen LogP contribution in [-0.4, -0.2) is 43.6 Å². The molecule has 1 fully saturated rings. The van der Waals surface area contributed by atoms with Gasteiger partial charge < -0.3 is 10.6 Å². The van der Waals surface area contributed by atoms with Crippen molar-refractivity contribution in [3.8, 4) is 0 Å². The molecule has 6 nitrogen and oxygen atoms in total. The number of anilines is 1. The fraction of sp³-hybridized carbons (Fsp3) is 0.632. The minimum absolute atomic E-state index is 0.155. The van der Waals surface area contributed by atoms with Gasteiger partial charge in [-0.2, -0.15) is 4.31 Å². The predicted octanol–water partition coefficient (Wildman–Crippen LogP) is 3.43. The molecule has 2 unspecified atom stereocenters. The molecule has 146 valence electrons. The Bertz CT molecular complexity index is 664. The average Bonchev–Trinajstić information content (AvgIpc) is 2.61. The number of nitrogens with one attached hydrogen (secondary N) is 2. The topological polar surface area (TPSA) is 78.5 Å². The van der Waals surface area contributed by atoms with Gasteiger partial charge in [0.1, 0.15) is 0 Å². The Hall–Kier alpha value is -1.60. The lowest BCUT2D eigenvalue weighted by molar-refractivity contribution is 0.231. The lowest BCUT2D eigenvalue weighted by atomic mass is 10.1. The van der Waals surface area contributed by atoms with Crippen molar-refractivity contribution in [3.05, 3.63) is 30.3 Å². The van der Waals surface area contributed by atoms with E-state index in [4.69, 9.17) is 0 Å². The van der Waals surface area contributed by atoms with Crippen molar-refractivity contribution in [2.24, 2.45) is 5.92 Å². The minimum Gasteiger partial charge on any atom is -0.336 e. The number of para-hydroxylation sites is 1. The monoisotopic (exact) mass is 381 g/mol. The van der Waals surface area contributed by atoms with Gasteiger partial charge in [0.2, 0.25) is 10.0 Å². The first-order valence-electron chi connectivity index (χ1n) is 9.51. The molecule has 2 N–H and O–H groups in total. The number of nitrogens with zero attached hydrogens (tertiary/aromatic N) is 1. The normalized spacial score (nSPS) is 19.7. The van der Waals surface area contributed by atoms with Crippen LogP contribution >= 0.6 is 0 Å². The van der Waals surface area contributed by atoms with E-state index >= 15 is 0 Å². The maximum atomic E-state index is 12.8. The summed E-state index contributed by atoms with van der Waals surface area (Å²) in [6.07, 6.45) is 4.56. The van der Waals surface area contributed by atoms with E-state index in [9.17, 15) is 13.2 Å². The molecule has 1 heterocycles. The van der Waals surface area contributed by atoms with E-state index in [-0.39, 0.29) is 23.7 Å². The van der Waals surface area contributed by atoms with Gasteiger partial charge in [-0.05, 0) is 37.3 Å². The van der Waals surface area contributed by atoms with Gasteiger partial charge in [-0.1, -0.05) is 44.9 Å². The number of hydrogen-bond donors (Lipinski definition) is 2. The van der Waals surface area contributed by atoms with Gasteiger partial charge in [-0.25, -0.2) is 13.2 Å². The molecule has 2 rings (SSSR count). The number of sulfonamides is 1. The lowest BCUT2D eigenvalue weighted by Gasteiger charge is -2.35. The number of piperidine rings is 1. The third-order valence-electron chi connectivity index (χ3n) is 4.74. The van der Waals surface area contributed by atoms with E-state index < -0.39 is 10.0 Å². The Morgan fingerprint density at radius 2 is 2.00 bits per heavy atom. The molecule has 1 aromatic carbocycles. The number of carbonyl (C=O) groups is 1. The van der Waals surface area contributed by atoms with Gasteiger partial charge in [-0.15, -0.1) is 0 Å². The van der Waals surface area contributed by atoms with E-state index in [1.54, 1.807) is 4.31 Å². The minimum atomic E-state index is -3.30. The summed E-state index contributed by atoms with van der Waals surface area (Å²) in [4.78, 5) is 12.1. The predicted molar refractivity (Wildman–Crippen MR) is 106 cm³/mol. The van der Waals surface area contributed by atoms with Gasteiger partial charge in [0, 0.05) is 24.8 Å². The maximum Gasteiger partial charge on any atom is 0.319 e. The van der Waals surface area contributed by atoms with Gasteiger partial charge in [0.05, 0.1) is 5.75 Å². The molecule has 1 saturated heterocycles. The molecule has 0 radical (unpaired) electrons. The molecule has 0 aliphatic carbocycles. The van der Waals surface area contributed by atoms with Gasteiger partial charge in [0.25, 0.3) is 0 Å². The molecular formula is C19H31N3O3S. The maximum absolute atomic E-state index is 12.8. The van der Waals surface area contributed by atoms with Crippen LogP contribution in [0.3, 0.4) is 0 Å². The SMILES string of the molecule is CCCC(C)CS(=O)(=O)N1CCCCC1CNC(=O)Nc1ccccc1. The summed E-state index contributed by atoms with van der Waals surface area (Å²) < 4.78 is 27.2. The summed E-state index contributed by atoms with van der Waals surface area (Å²) >= 11 is 0. The summed E-state index contributed by atoms with van der Waals surface area (Å²) in [6.45, 7) is 4.95. The Labute approximate surface area is 157 Å². The summed E-state index contributed by atoms with van der Waals surface area (Å²) in [7, 11) is -3.30. The van der Waals surface area contributed by atoms with Crippen molar-refractivity contribution in [3.63, 3.8) is 0 Å². The second-order valence-corrected chi connectivity index (χ2v) is 9.10. The van der Waals surface area contributed by atoms with Crippen molar-refractivity contribution < 1.29 is 13.2 Å². The van der Waals surface area contributed by atoms with Crippen molar-refractivity contribution >= 4 is 21.7 Å². The Morgan fingerprint density at radius 1 is 1.27 bits per heavy atom. The fourth-order valence-electron chi connectivity index (χ4n) is 3.48. The Balaban J connectivity index is 1.92. The summed E-state index contributed by atoms with van der Waals surface area (Å²) in [6, 6.07) is 8.74. The molecule has 1 aliphatic heterocycles. The fourth-order valence-corrected chi connectivity index (χ4v) is 5.60. The Morgan fingerprint density at radius 3 is 2.69 bits per heavy atom. The second-order valence-electron chi connectivity index (χ2n) is 7.13. The van der Waals surface area contributed by atoms with Gasteiger partial charge in [-0.3, -0.25) is 0 Å². The van der Waals surface area contributed by atoms with Crippen LogP contribution in [0.1, 0.15) is 46.0 Å². The molecule has 0 aromatic heterocycles. The van der Waals surface area contributed by atoms with Crippen molar-refractivity contribution in [2.45, 2.75) is 52.0 Å². The number of carbonyl (C=O) groups excluding carboxylic acids is 1. The number of benzene rings is 1.